The molecule has 0 fully saturated rings. The molecule has 0 bridgehead atoms. The van der Waals surface area contributed by atoms with Gasteiger partial charge >= 0.3 is 6.18 Å². The number of sulfone groups is 1. The highest BCUT2D eigenvalue weighted by Crippen LogP contribution is 2.32. The van der Waals surface area contributed by atoms with Gasteiger partial charge in [0.05, 0.1) is 11.3 Å². The highest BCUT2D eigenvalue weighted by Gasteiger charge is 2.32. The molecule has 13 heteroatoms. The van der Waals surface area contributed by atoms with Crippen molar-refractivity contribution in [3.8, 4) is 11.4 Å². The van der Waals surface area contributed by atoms with Crippen LogP contribution in [0.4, 0.5) is 13.2 Å². The second kappa shape index (κ2) is 6.14. The quantitative estimate of drug-likeness (QED) is 0.464. The van der Waals surface area contributed by atoms with Crippen molar-refractivity contribution in [2.75, 3.05) is 5.75 Å². The first kappa shape index (κ1) is 18.6. The van der Waals surface area contributed by atoms with Crippen molar-refractivity contribution in [1.29, 1.82) is 0 Å². The zero-order valence-electron chi connectivity index (χ0n) is 14.0. The van der Waals surface area contributed by atoms with E-state index in [1.54, 1.807) is 0 Å². The normalized spacial score (nSPS) is 12.9. The van der Waals surface area contributed by atoms with Gasteiger partial charge in [0.15, 0.2) is 32.0 Å². The van der Waals surface area contributed by atoms with Crippen LogP contribution in [0.15, 0.2) is 35.6 Å². The van der Waals surface area contributed by atoms with E-state index in [0.717, 1.165) is 27.4 Å². The Balaban J connectivity index is 2.03. The van der Waals surface area contributed by atoms with Gasteiger partial charge in [-0.3, -0.25) is 0 Å². The molecule has 4 aromatic rings. The van der Waals surface area contributed by atoms with Crippen molar-refractivity contribution in [3.63, 3.8) is 0 Å². The molecule has 8 nitrogen and oxygen atoms in total. The van der Waals surface area contributed by atoms with E-state index in [-0.39, 0.29) is 38.6 Å². The van der Waals surface area contributed by atoms with Crippen molar-refractivity contribution in [1.82, 2.24) is 29.2 Å². The van der Waals surface area contributed by atoms with Gasteiger partial charge in [0, 0.05) is 12.4 Å². The molecular formula is C15H10ClF3N6O2S. The molecule has 4 rings (SSSR count). The lowest BCUT2D eigenvalue weighted by molar-refractivity contribution is -0.137. The molecule has 0 aliphatic rings. The van der Waals surface area contributed by atoms with Crippen LogP contribution in [0.25, 0.3) is 22.7 Å². The van der Waals surface area contributed by atoms with E-state index < -0.39 is 21.6 Å². The topological polar surface area (TPSA) is 94.5 Å². The van der Waals surface area contributed by atoms with E-state index in [1.165, 1.54) is 19.2 Å². The summed E-state index contributed by atoms with van der Waals surface area (Å²) in [4.78, 5) is 8.25. The third-order valence-corrected chi connectivity index (χ3v) is 5.92. The predicted octanol–water partition coefficient (Wildman–Crippen LogP) is 2.90. The summed E-state index contributed by atoms with van der Waals surface area (Å²) in [6.45, 7) is 1.44. The van der Waals surface area contributed by atoms with Crippen LogP contribution >= 0.6 is 11.6 Å². The van der Waals surface area contributed by atoms with Gasteiger partial charge in [-0.25, -0.2) is 27.4 Å². The minimum atomic E-state index is -4.56. The number of halogens is 4. The SMILES string of the molecule is CCS(=O)(=O)c1nn2c(Cl)ccnc2c1-c1nc2ccc(C(F)(F)F)cn2n1. The Hall–Kier alpha value is -2.73. The zero-order valence-corrected chi connectivity index (χ0v) is 15.6. The van der Waals surface area contributed by atoms with Crippen LogP contribution < -0.4 is 0 Å². The summed E-state index contributed by atoms with van der Waals surface area (Å²) < 4.78 is 65.9. The third kappa shape index (κ3) is 2.88. The molecule has 0 unspecified atom stereocenters. The second-order valence-corrected chi connectivity index (χ2v) is 8.32. The van der Waals surface area contributed by atoms with Crippen LogP contribution in [0.2, 0.25) is 5.15 Å². The number of alkyl halides is 3. The molecule has 0 spiro atoms. The number of hydrogen-bond donors (Lipinski definition) is 0. The Bertz CT molecular complexity index is 1330. The first-order chi connectivity index (χ1) is 13.1. The van der Waals surface area contributed by atoms with E-state index in [9.17, 15) is 21.6 Å². The molecule has 0 atom stereocenters. The molecule has 0 aromatic carbocycles. The lowest BCUT2D eigenvalue weighted by Crippen LogP contribution is -2.07. The Kier molecular flexibility index (Phi) is 4.08. The highest BCUT2D eigenvalue weighted by molar-refractivity contribution is 7.91. The Labute approximate surface area is 160 Å². The number of hydrogen-bond acceptors (Lipinski definition) is 6. The average molecular weight is 431 g/mol. The summed E-state index contributed by atoms with van der Waals surface area (Å²) in [6, 6.07) is 3.42. The Morgan fingerprint density at radius 2 is 1.93 bits per heavy atom. The van der Waals surface area contributed by atoms with Crippen molar-refractivity contribution in [2.45, 2.75) is 18.1 Å². The predicted molar refractivity (Wildman–Crippen MR) is 92.7 cm³/mol. The van der Waals surface area contributed by atoms with Crippen molar-refractivity contribution in [2.24, 2.45) is 0 Å². The van der Waals surface area contributed by atoms with Gasteiger partial charge in [-0.15, -0.1) is 5.10 Å². The minimum Gasteiger partial charge on any atom is -0.236 e. The maximum Gasteiger partial charge on any atom is 0.417 e. The standard InChI is InChI=1S/C15H10ClF3N6O2S/c1-2-28(26,27)14-11(13-20-6-5-9(16)25(13)23-14)12-21-10-4-3-8(15(17,18)19)7-24(10)22-12/h3-7H,2H2,1H3. The molecule has 4 aromatic heterocycles. The fourth-order valence-electron chi connectivity index (χ4n) is 2.60. The summed E-state index contributed by atoms with van der Waals surface area (Å²) in [5.41, 5.74) is -0.767. The maximum absolute atomic E-state index is 12.9. The molecule has 0 aliphatic carbocycles. The minimum absolute atomic E-state index is 0.0263. The molecule has 28 heavy (non-hydrogen) atoms. The molecule has 0 radical (unpaired) electrons. The van der Waals surface area contributed by atoms with E-state index in [2.05, 4.69) is 20.2 Å². The molecule has 0 amide bonds. The summed E-state index contributed by atoms with van der Waals surface area (Å²) in [7, 11) is -3.82. The first-order valence-corrected chi connectivity index (χ1v) is 9.85. The first-order valence-electron chi connectivity index (χ1n) is 7.82. The number of nitrogens with zero attached hydrogens (tertiary/aromatic N) is 6. The molecule has 146 valence electrons. The second-order valence-electron chi connectivity index (χ2n) is 5.74. The molecule has 0 N–H and O–H groups in total. The summed E-state index contributed by atoms with van der Waals surface area (Å²) >= 11 is 6.07. The third-order valence-electron chi connectivity index (χ3n) is 4.00. The molecule has 0 saturated carbocycles. The number of rotatable bonds is 3. The van der Waals surface area contributed by atoms with Crippen LogP contribution in [0.5, 0.6) is 0 Å². The fraction of sp³-hybridized carbons (Fsp3) is 0.200. The van der Waals surface area contributed by atoms with Crippen LogP contribution in [-0.4, -0.2) is 43.4 Å². The van der Waals surface area contributed by atoms with Crippen LogP contribution in [0.3, 0.4) is 0 Å². The molecule has 0 aliphatic heterocycles. The van der Waals surface area contributed by atoms with Gasteiger partial charge in [0.1, 0.15) is 10.7 Å². The van der Waals surface area contributed by atoms with Crippen molar-refractivity contribution < 1.29 is 21.6 Å². The van der Waals surface area contributed by atoms with Gasteiger partial charge in [-0.1, -0.05) is 18.5 Å². The summed E-state index contributed by atoms with van der Waals surface area (Å²) in [6.07, 6.45) is -2.44. The summed E-state index contributed by atoms with van der Waals surface area (Å²) in [5.74, 6) is -0.385. The lowest BCUT2D eigenvalue weighted by atomic mass is 10.3. The van der Waals surface area contributed by atoms with Gasteiger partial charge in [0.25, 0.3) is 0 Å². The van der Waals surface area contributed by atoms with Gasteiger partial charge in [-0.05, 0) is 18.2 Å². The van der Waals surface area contributed by atoms with E-state index in [1.807, 2.05) is 0 Å². The van der Waals surface area contributed by atoms with Crippen molar-refractivity contribution >= 4 is 32.7 Å². The molecular weight excluding hydrogens is 421 g/mol. The zero-order chi connectivity index (χ0) is 20.3. The number of pyridine rings is 1. The highest BCUT2D eigenvalue weighted by atomic mass is 35.5. The lowest BCUT2D eigenvalue weighted by Gasteiger charge is -2.05. The fourth-order valence-corrected chi connectivity index (χ4v) is 3.75. The van der Waals surface area contributed by atoms with Crippen LogP contribution in [0, 0.1) is 0 Å². The van der Waals surface area contributed by atoms with Crippen LogP contribution in [-0.2, 0) is 16.0 Å². The van der Waals surface area contributed by atoms with E-state index in [0.29, 0.717) is 0 Å². The number of fused-ring (bicyclic) bond motifs is 2. The molecule has 0 saturated heterocycles. The van der Waals surface area contributed by atoms with E-state index in [4.69, 9.17) is 11.6 Å². The molecule has 4 heterocycles. The van der Waals surface area contributed by atoms with Gasteiger partial charge in [-0.2, -0.15) is 18.3 Å². The van der Waals surface area contributed by atoms with Gasteiger partial charge < -0.3 is 0 Å². The largest absolute Gasteiger partial charge is 0.417 e. The number of aromatic nitrogens is 6. The van der Waals surface area contributed by atoms with Gasteiger partial charge in [0.2, 0.25) is 0 Å². The Morgan fingerprint density at radius 1 is 1.18 bits per heavy atom. The van der Waals surface area contributed by atoms with Crippen molar-refractivity contribution in [3.05, 3.63) is 41.3 Å². The Morgan fingerprint density at radius 3 is 2.61 bits per heavy atom. The maximum atomic E-state index is 12.9. The van der Waals surface area contributed by atoms with Crippen LogP contribution in [0.1, 0.15) is 12.5 Å². The summed E-state index contributed by atoms with van der Waals surface area (Å²) in [5, 5.41) is 7.80. The monoisotopic (exact) mass is 430 g/mol. The average Bonchev–Trinajstić information content (AvgIpc) is 3.22. The smallest absolute Gasteiger partial charge is 0.236 e. The van der Waals surface area contributed by atoms with E-state index >= 15 is 0 Å².